The van der Waals surface area contributed by atoms with Crippen molar-refractivity contribution in [2.45, 2.75) is 25.9 Å². The predicted molar refractivity (Wildman–Crippen MR) is 93.2 cm³/mol. The first-order valence-electron chi connectivity index (χ1n) is 7.99. The van der Waals surface area contributed by atoms with Gasteiger partial charge in [-0.15, -0.1) is 11.3 Å². The van der Waals surface area contributed by atoms with Gasteiger partial charge < -0.3 is 10.1 Å². The largest absolute Gasteiger partial charge is 0.494 e. The van der Waals surface area contributed by atoms with Gasteiger partial charge in [-0.2, -0.15) is 0 Å². The monoisotopic (exact) mass is 348 g/mol. The van der Waals surface area contributed by atoms with Crippen LogP contribution in [0.3, 0.4) is 0 Å². The van der Waals surface area contributed by atoms with Gasteiger partial charge in [0.05, 0.1) is 7.11 Å². The average Bonchev–Trinajstić information content (AvgIpc) is 3.06. The summed E-state index contributed by atoms with van der Waals surface area (Å²) in [7, 11) is 1.40. The maximum atomic E-state index is 13.7. The van der Waals surface area contributed by atoms with E-state index < -0.39 is 5.82 Å². The van der Waals surface area contributed by atoms with Crippen LogP contribution in [0.25, 0.3) is 0 Å². The Balaban J connectivity index is 1.55. The number of carbonyl (C=O) groups excluding carboxylic acids is 1. The van der Waals surface area contributed by atoms with Gasteiger partial charge in [-0.05, 0) is 48.6 Å². The molecule has 1 N–H and O–H groups in total. The summed E-state index contributed by atoms with van der Waals surface area (Å²) in [6, 6.07) is 6.65. The molecule has 0 fully saturated rings. The highest BCUT2D eigenvalue weighted by Gasteiger charge is 2.22. The summed E-state index contributed by atoms with van der Waals surface area (Å²) >= 11 is 1.82. The fourth-order valence-electron chi connectivity index (χ4n) is 2.93. The van der Waals surface area contributed by atoms with Crippen molar-refractivity contribution >= 4 is 17.2 Å². The van der Waals surface area contributed by atoms with Gasteiger partial charge in [0, 0.05) is 36.1 Å². The van der Waals surface area contributed by atoms with Gasteiger partial charge in [-0.3, -0.25) is 9.69 Å². The molecule has 2 aromatic rings. The van der Waals surface area contributed by atoms with E-state index in [9.17, 15) is 9.18 Å². The first-order valence-corrected chi connectivity index (χ1v) is 8.87. The van der Waals surface area contributed by atoms with E-state index in [1.807, 2.05) is 11.3 Å². The molecule has 0 spiro atoms. The second-order valence-electron chi connectivity index (χ2n) is 6.00. The van der Waals surface area contributed by atoms with Gasteiger partial charge in [-0.1, -0.05) is 0 Å². The van der Waals surface area contributed by atoms with Crippen molar-refractivity contribution in [2.75, 3.05) is 20.2 Å². The van der Waals surface area contributed by atoms with Crippen molar-refractivity contribution < 1.29 is 13.9 Å². The van der Waals surface area contributed by atoms with Crippen molar-refractivity contribution in [3.63, 3.8) is 0 Å². The van der Waals surface area contributed by atoms with Crippen molar-refractivity contribution in [3.8, 4) is 5.75 Å². The summed E-state index contributed by atoms with van der Waals surface area (Å²) in [5.74, 6) is -0.657. The molecular formula is C18H21FN2O2S. The Morgan fingerprint density at radius 1 is 1.46 bits per heavy atom. The Hall–Kier alpha value is -1.92. The zero-order valence-electron chi connectivity index (χ0n) is 13.8. The van der Waals surface area contributed by atoms with Crippen molar-refractivity contribution in [1.29, 1.82) is 0 Å². The standard InChI is InChI=1S/C18H21FN2O2S/c1-12(21-7-5-17-14(11-21)6-8-24-17)10-20-18(22)13-3-4-16(23-2)15(19)9-13/h3-4,6,8-9,12H,5,7,10-11H2,1-2H3,(H,20,22). The molecule has 1 atom stereocenters. The number of methoxy groups -OCH3 is 1. The molecule has 0 radical (unpaired) electrons. The Bertz CT molecular complexity index is 732. The zero-order valence-corrected chi connectivity index (χ0v) is 14.7. The van der Waals surface area contributed by atoms with Crippen LogP contribution in [0.5, 0.6) is 5.75 Å². The lowest BCUT2D eigenvalue weighted by atomic mass is 10.1. The number of thiophene rings is 1. The number of halogens is 1. The number of ether oxygens (including phenoxy) is 1. The molecule has 0 saturated carbocycles. The molecule has 6 heteroatoms. The fraction of sp³-hybridized carbons (Fsp3) is 0.389. The third kappa shape index (κ3) is 3.60. The van der Waals surface area contributed by atoms with E-state index >= 15 is 0 Å². The smallest absolute Gasteiger partial charge is 0.251 e. The quantitative estimate of drug-likeness (QED) is 0.903. The van der Waals surface area contributed by atoms with Crippen LogP contribution in [0.1, 0.15) is 27.7 Å². The fourth-order valence-corrected chi connectivity index (χ4v) is 3.82. The molecule has 128 valence electrons. The van der Waals surface area contributed by atoms with E-state index in [0.717, 1.165) is 19.5 Å². The van der Waals surface area contributed by atoms with Gasteiger partial charge >= 0.3 is 0 Å². The topological polar surface area (TPSA) is 41.6 Å². The highest BCUT2D eigenvalue weighted by Crippen LogP contribution is 2.25. The number of hydrogen-bond acceptors (Lipinski definition) is 4. The van der Waals surface area contributed by atoms with Crippen LogP contribution in [0.15, 0.2) is 29.6 Å². The van der Waals surface area contributed by atoms with E-state index in [2.05, 4.69) is 28.6 Å². The molecule has 1 aliphatic heterocycles. The van der Waals surface area contributed by atoms with Gasteiger partial charge in [-0.25, -0.2) is 4.39 Å². The maximum Gasteiger partial charge on any atom is 0.251 e. The summed E-state index contributed by atoms with van der Waals surface area (Å²) in [6.07, 6.45) is 1.06. The van der Waals surface area contributed by atoms with Gasteiger partial charge in [0.2, 0.25) is 0 Å². The number of rotatable bonds is 5. The normalized spacial score (nSPS) is 15.6. The molecular weight excluding hydrogens is 327 g/mol. The molecule has 1 unspecified atom stereocenters. The first-order chi connectivity index (χ1) is 11.6. The van der Waals surface area contributed by atoms with Crippen molar-refractivity contribution in [1.82, 2.24) is 10.2 Å². The van der Waals surface area contributed by atoms with Crippen LogP contribution < -0.4 is 10.1 Å². The number of hydrogen-bond donors (Lipinski definition) is 1. The number of nitrogens with one attached hydrogen (secondary N) is 1. The number of carbonyl (C=O) groups is 1. The lowest BCUT2D eigenvalue weighted by molar-refractivity contribution is 0.0932. The molecule has 24 heavy (non-hydrogen) atoms. The van der Waals surface area contributed by atoms with Gasteiger partial charge in [0.25, 0.3) is 5.91 Å². The third-order valence-electron chi connectivity index (χ3n) is 4.43. The number of benzene rings is 1. The molecule has 0 bridgehead atoms. The van der Waals surface area contributed by atoms with Crippen LogP contribution in [0.2, 0.25) is 0 Å². The SMILES string of the molecule is COc1ccc(C(=O)NCC(C)N2CCc3sccc3C2)cc1F. The molecule has 1 aromatic heterocycles. The maximum absolute atomic E-state index is 13.7. The highest BCUT2D eigenvalue weighted by molar-refractivity contribution is 7.10. The van der Waals surface area contributed by atoms with Crippen LogP contribution in [-0.2, 0) is 13.0 Å². The number of amides is 1. The lowest BCUT2D eigenvalue weighted by Gasteiger charge is -2.32. The van der Waals surface area contributed by atoms with E-state index in [1.54, 1.807) is 6.07 Å². The summed E-state index contributed by atoms with van der Waals surface area (Å²) in [5.41, 5.74) is 1.70. The second kappa shape index (κ2) is 7.32. The van der Waals surface area contributed by atoms with Gasteiger partial charge in [0.1, 0.15) is 0 Å². The predicted octanol–water partition coefficient (Wildman–Crippen LogP) is 3.07. The Morgan fingerprint density at radius 3 is 3.04 bits per heavy atom. The first kappa shape index (κ1) is 16.9. The summed E-state index contributed by atoms with van der Waals surface area (Å²) < 4.78 is 18.6. The molecule has 3 rings (SSSR count). The lowest BCUT2D eigenvalue weighted by Crippen LogP contribution is -2.44. The summed E-state index contributed by atoms with van der Waals surface area (Å²) in [4.78, 5) is 16.0. The molecule has 2 heterocycles. The van der Waals surface area contributed by atoms with E-state index in [0.29, 0.717) is 12.1 Å². The number of fused-ring (bicyclic) bond motifs is 1. The molecule has 1 amide bonds. The molecule has 4 nitrogen and oxygen atoms in total. The molecule has 0 saturated heterocycles. The molecule has 0 aliphatic carbocycles. The second-order valence-corrected chi connectivity index (χ2v) is 7.00. The van der Waals surface area contributed by atoms with Crippen LogP contribution >= 0.6 is 11.3 Å². The summed E-state index contributed by atoms with van der Waals surface area (Å²) in [5, 5.41) is 5.03. The number of nitrogens with zero attached hydrogens (tertiary/aromatic N) is 1. The Morgan fingerprint density at radius 2 is 2.29 bits per heavy atom. The van der Waals surface area contributed by atoms with E-state index in [1.165, 1.54) is 29.7 Å². The Labute approximate surface area is 145 Å². The third-order valence-corrected chi connectivity index (χ3v) is 5.46. The van der Waals surface area contributed by atoms with Crippen LogP contribution in [0.4, 0.5) is 4.39 Å². The van der Waals surface area contributed by atoms with E-state index in [-0.39, 0.29) is 17.7 Å². The van der Waals surface area contributed by atoms with Crippen LogP contribution in [-0.4, -0.2) is 37.0 Å². The minimum absolute atomic E-state index is 0.139. The zero-order chi connectivity index (χ0) is 17.1. The van der Waals surface area contributed by atoms with Crippen molar-refractivity contribution in [2.24, 2.45) is 0 Å². The van der Waals surface area contributed by atoms with Gasteiger partial charge in [0.15, 0.2) is 11.6 Å². The molecule has 1 aromatic carbocycles. The Kier molecular flexibility index (Phi) is 5.16. The van der Waals surface area contributed by atoms with Crippen LogP contribution in [0, 0.1) is 5.82 Å². The average molecular weight is 348 g/mol. The molecule has 1 aliphatic rings. The van der Waals surface area contributed by atoms with Crippen molar-refractivity contribution in [3.05, 3.63) is 51.5 Å². The minimum Gasteiger partial charge on any atom is -0.494 e. The van der Waals surface area contributed by atoms with E-state index in [4.69, 9.17) is 4.74 Å². The summed E-state index contributed by atoms with van der Waals surface area (Å²) in [6.45, 7) is 4.56. The highest BCUT2D eigenvalue weighted by atomic mass is 32.1. The minimum atomic E-state index is -0.529.